The van der Waals surface area contributed by atoms with Crippen LogP contribution in [-0.2, 0) is 0 Å². The van der Waals surface area contributed by atoms with Gasteiger partial charge in [0.1, 0.15) is 9.88 Å². The van der Waals surface area contributed by atoms with Gasteiger partial charge in [-0.1, -0.05) is 6.07 Å². The Hall–Kier alpha value is -1.24. The zero-order valence-corrected chi connectivity index (χ0v) is 13.4. The molecule has 0 aliphatic carbocycles. The van der Waals surface area contributed by atoms with E-state index in [1.165, 1.54) is 11.3 Å². The minimum absolute atomic E-state index is 0.0282. The van der Waals surface area contributed by atoms with E-state index in [0.29, 0.717) is 11.4 Å². The quantitative estimate of drug-likeness (QED) is 0.923. The van der Waals surface area contributed by atoms with Crippen LogP contribution in [0.15, 0.2) is 17.5 Å². The lowest BCUT2D eigenvalue weighted by Crippen LogP contribution is -2.38. The van der Waals surface area contributed by atoms with Crippen molar-refractivity contribution in [1.29, 1.82) is 0 Å². The number of carbonyl (C=O) groups is 1. The van der Waals surface area contributed by atoms with Crippen LogP contribution in [0.4, 0.5) is 0 Å². The lowest BCUT2D eigenvalue weighted by Gasteiger charge is -2.25. The number of nitrogens with zero attached hydrogens (tertiary/aromatic N) is 2. The van der Waals surface area contributed by atoms with Crippen molar-refractivity contribution in [2.75, 3.05) is 13.2 Å². The van der Waals surface area contributed by atoms with Gasteiger partial charge in [-0.25, -0.2) is 4.98 Å². The average molecular weight is 310 g/mol. The Kier molecular flexibility index (Phi) is 4.91. The highest BCUT2D eigenvalue weighted by atomic mass is 32.1. The molecule has 0 saturated carbocycles. The van der Waals surface area contributed by atoms with Crippen molar-refractivity contribution in [2.24, 2.45) is 0 Å². The Labute approximate surface area is 126 Å². The van der Waals surface area contributed by atoms with Crippen molar-refractivity contribution in [2.45, 2.75) is 26.8 Å². The number of aliphatic hydroxyl groups excluding tert-OH is 1. The predicted octanol–water partition coefficient (Wildman–Crippen LogP) is 3.02. The number of thiazole rings is 1. The Balaban J connectivity index is 2.30. The summed E-state index contributed by atoms with van der Waals surface area (Å²) in [5, 5.41) is 12.0. The molecule has 0 saturated heterocycles. The third kappa shape index (κ3) is 3.08. The van der Waals surface area contributed by atoms with Gasteiger partial charge in [-0.05, 0) is 32.2 Å². The second-order valence-corrected chi connectivity index (χ2v) is 6.67. The summed E-state index contributed by atoms with van der Waals surface area (Å²) >= 11 is 3.04. The second kappa shape index (κ2) is 6.47. The van der Waals surface area contributed by atoms with Gasteiger partial charge in [-0.15, -0.1) is 22.7 Å². The summed E-state index contributed by atoms with van der Waals surface area (Å²) in [7, 11) is 0. The van der Waals surface area contributed by atoms with E-state index in [2.05, 4.69) is 4.98 Å². The van der Waals surface area contributed by atoms with E-state index < -0.39 is 0 Å². The van der Waals surface area contributed by atoms with Crippen LogP contribution in [0, 0.1) is 6.92 Å². The van der Waals surface area contributed by atoms with Crippen LogP contribution in [0.1, 0.15) is 29.2 Å². The fraction of sp³-hybridized carbons (Fsp3) is 0.429. The summed E-state index contributed by atoms with van der Waals surface area (Å²) in [5.74, 6) is -0.0492. The molecule has 0 unspecified atom stereocenters. The SMILES string of the molecule is Cc1nc(-c2cccs2)sc1C(=O)N(CCO)C(C)C. The first-order valence-corrected chi connectivity index (χ1v) is 8.17. The van der Waals surface area contributed by atoms with Crippen LogP contribution in [0.5, 0.6) is 0 Å². The number of amides is 1. The normalized spacial score (nSPS) is 11.1. The highest BCUT2D eigenvalue weighted by Gasteiger charge is 2.23. The number of hydrogen-bond donors (Lipinski definition) is 1. The first-order valence-electron chi connectivity index (χ1n) is 6.47. The second-order valence-electron chi connectivity index (χ2n) is 4.73. The van der Waals surface area contributed by atoms with Crippen molar-refractivity contribution in [1.82, 2.24) is 9.88 Å². The van der Waals surface area contributed by atoms with Crippen molar-refractivity contribution in [3.05, 3.63) is 28.1 Å². The van der Waals surface area contributed by atoms with Crippen molar-refractivity contribution in [3.63, 3.8) is 0 Å². The molecule has 0 bridgehead atoms. The first-order chi connectivity index (χ1) is 9.54. The molecule has 2 heterocycles. The summed E-state index contributed by atoms with van der Waals surface area (Å²) in [6, 6.07) is 4.04. The largest absolute Gasteiger partial charge is 0.395 e. The predicted molar refractivity (Wildman–Crippen MR) is 83.4 cm³/mol. The van der Waals surface area contributed by atoms with Gasteiger partial charge in [0.25, 0.3) is 5.91 Å². The maximum atomic E-state index is 12.6. The maximum Gasteiger partial charge on any atom is 0.266 e. The molecule has 0 aliphatic heterocycles. The molecule has 1 N–H and O–H groups in total. The number of thiophene rings is 1. The maximum absolute atomic E-state index is 12.6. The molecule has 0 radical (unpaired) electrons. The third-order valence-electron chi connectivity index (χ3n) is 2.95. The smallest absolute Gasteiger partial charge is 0.266 e. The molecule has 1 amide bonds. The highest BCUT2D eigenvalue weighted by molar-refractivity contribution is 7.22. The molecule has 6 heteroatoms. The molecular formula is C14H18N2O2S2. The fourth-order valence-electron chi connectivity index (χ4n) is 1.93. The summed E-state index contributed by atoms with van der Waals surface area (Å²) < 4.78 is 0. The molecule has 20 heavy (non-hydrogen) atoms. The number of rotatable bonds is 5. The number of hydrogen-bond acceptors (Lipinski definition) is 5. The zero-order chi connectivity index (χ0) is 14.7. The summed E-state index contributed by atoms with van der Waals surface area (Å²) in [6.07, 6.45) is 0. The number of aromatic nitrogens is 1. The van der Waals surface area contributed by atoms with Gasteiger partial charge in [0.15, 0.2) is 0 Å². The van der Waals surface area contributed by atoms with Crippen molar-refractivity contribution in [3.8, 4) is 9.88 Å². The molecule has 2 rings (SSSR count). The van der Waals surface area contributed by atoms with Crippen LogP contribution in [-0.4, -0.2) is 40.1 Å². The average Bonchev–Trinajstić information content (AvgIpc) is 3.03. The number of aliphatic hydroxyl groups is 1. The van der Waals surface area contributed by atoms with E-state index in [1.54, 1.807) is 16.2 Å². The van der Waals surface area contributed by atoms with E-state index in [-0.39, 0.29) is 18.6 Å². The van der Waals surface area contributed by atoms with Gasteiger partial charge in [0, 0.05) is 12.6 Å². The van der Waals surface area contributed by atoms with E-state index in [1.807, 2.05) is 38.3 Å². The van der Waals surface area contributed by atoms with E-state index in [4.69, 9.17) is 5.11 Å². The zero-order valence-electron chi connectivity index (χ0n) is 11.8. The minimum atomic E-state index is -0.0492. The van der Waals surface area contributed by atoms with E-state index in [0.717, 1.165) is 15.6 Å². The molecule has 2 aromatic heterocycles. The fourth-order valence-corrected chi connectivity index (χ4v) is 3.75. The third-order valence-corrected chi connectivity index (χ3v) is 5.13. The topological polar surface area (TPSA) is 53.4 Å². The van der Waals surface area contributed by atoms with Crippen LogP contribution in [0.2, 0.25) is 0 Å². The van der Waals surface area contributed by atoms with Crippen LogP contribution in [0.25, 0.3) is 9.88 Å². The van der Waals surface area contributed by atoms with Crippen LogP contribution < -0.4 is 0 Å². The molecule has 0 aliphatic rings. The highest BCUT2D eigenvalue weighted by Crippen LogP contribution is 2.31. The summed E-state index contributed by atoms with van der Waals surface area (Å²) in [5.41, 5.74) is 0.756. The monoisotopic (exact) mass is 310 g/mol. The molecule has 4 nitrogen and oxygen atoms in total. The van der Waals surface area contributed by atoms with Gasteiger partial charge >= 0.3 is 0 Å². The van der Waals surface area contributed by atoms with Gasteiger partial charge < -0.3 is 10.0 Å². The summed E-state index contributed by atoms with van der Waals surface area (Å²) in [4.78, 5) is 20.5. The van der Waals surface area contributed by atoms with E-state index >= 15 is 0 Å². The van der Waals surface area contributed by atoms with Gasteiger partial charge in [-0.2, -0.15) is 0 Å². The van der Waals surface area contributed by atoms with Crippen LogP contribution in [0.3, 0.4) is 0 Å². The lowest BCUT2D eigenvalue weighted by atomic mass is 10.2. The Bertz CT molecular complexity index is 576. The molecule has 0 fully saturated rings. The minimum Gasteiger partial charge on any atom is -0.395 e. The molecule has 108 valence electrons. The number of aryl methyl sites for hydroxylation is 1. The summed E-state index contributed by atoms with van der Waals surface area (Å²) in [6.45, 7) is 6.08. The first kappa shape index (κ1) is 15.2. The molecular weight excluding hydrogens is 292 g/mol. The van der Waals surface area contributed by atoms with Gasteiger partial charge in [0.05, 0.1) is 17.2 Å². The molecule has 2 aromatic rings. The Morgan fingerprint density at radius 1 is 1.50 bits per heavy atom. The number of carbonyl (C=O) groups excluding carboxylic acids is 1. The van der Waals surface area contributed by atoms with Crippen molar-refractivity contribution < 1.29 is 9.90 Å². The molecule has 0 aromatic carbocycles. The molecule has 0 spiro atoms. The standard InChI is InChI=1S/C14H18N2O2S2/c1-9(2)16(6-7-17)14(18)12-10(3)15-13(20-12)11-5-4-8-19-11/h4-5,8-9,17H,6-7H2,1-3H3. The Morgan fingerprint density at radius 3 is 2.80 bits per heavy atom. The van der Waals surface area contributed by atoms with Crippen molar-refractivity contribution >= 4 is 28.6 Å². The van der Waals surface area contributed by atoms with E-state index in [9.17, 15) is 4.79 Å². The van der Waals surface area contributed by atoms with Gasteiger partial charge in [-0.3, -0.25) is 4.79 Å². The lowest BCUT2D eigenvalue weighted by molar-refractivity contribution is 0.0669. The van der Waals surface area contributed by atoms with Crippen LogP contribution >= 0.6 is 22.7 Å². The molecule has 0 atom stereocenters. The van der Waals surface area contributed by atoms with Gasteiger partial charge in [0.2, 0.25) is 0 Å². The Morgan fingerprint density at radius 2 is 2.25 bits per heavy atom.